The molecular formula is C18H26N4O4S. The first-order chi connectivity index (χ1) is 13.1. The van der Waals surface area contributed by atoms with Gasteiger partial charge >= 0.3 is 0 Å². The number of methoxy groups -OCH3 is 2. The molecular weight excluding hydrogens is 368 g/mol. The molecule has 2 aromatic rings. The number of benzene rings is 1. The third kappa shape index (κ3) is 4.79. The van der Waals surface area contributed by atoms with Gasteiger partial charge in [-0.1, -0.05) is 0 Å². The van der Waals surface area contributed by atoms with Crippen LogP contribution in [0, 0.1) is 5.92 Å². The van der Waals surface area contributed by atoms with Crippen LogP contribution in [0.2, 0.25) is 0 Å². The van der Waals surface area contributed by atoms with E-state index in [1.807, 2.05) is 24.4 Å². The minimum atomic E-state index is -2.59. The van der Waals surface area contributed by atoms with E-state index in [2.05, 4.69) is 20.1 Å². The molecule has 27 heavy (non-hydrogen) atoms. The Kier molecular flexibility index (Phi) is 6.70. The third-order valence-electron chi connectivity index (χ3n) is 5.01. The van der Waals surface area contributed by atoms with Crippen LogP contribution in [0.5, 0.6) is 11.5 Å². The number of rotatable bonds is 8. The molecule has 1 aromatic carbocycles. The molecule has 1 aliphatic heterocycles. The van der Waals surface area contributed by atoms with Gasteiger partial charge in [0.25, 0.3) is 0 Å². The molecule has 0 saturated carbocycles. The van der Waals surface area contributed by atoms with Crippen LogP contribution in [0.25, 0.3) is 10.8 Å². The van der Waals surface area contributed by atoms with Gasteiger partial charge in [0.05, 0.1) is 14.2 Å². The minimum absolute atomic E-state index is 0.574. The number of ether oxygens (including phenoxy) is 2. The molecule has 8 nitrogen and oxygen atoms in total. The predicted molar refractivity (Wildman–Crippen MR) is 106 cm³/mol. The Hall–Kier alpha value is -2.10. The Balaban J connectivity index is 1.68. The number of pyridine rings is 1. The molecule has 0 spiro atoms. The Bertz CT molecular complexity index is 843. The van der Waals surface area contributed by atoms with E-state index in [4.69, 9.17) is 9.47 Å². The van der Waals surface area contributed by atoms with Gasteiger partial charge in [0, 0.05) is 31.2 Å². The van der Waals surface area contributed by atoms with Crippen molar-refractivity contribution in [2.24, 2.45) is 5.92 Å². The molecule has 0 aliphatic carbocycles. The fraction of sp³-hybridized carbons (Fsp3) is 0.500. The van der Waals surface area contributed by atoms with Gasteiger partial charge in [-0.05, 0) is 48.8 Å². The smallest absolute Gasteiger partial charge is 0.214 e. The number of hydrazine groups is 1. The van der Waals surface area contributed by atoms with E-state index in [0.717, 1.165) is 48.9 Å². The first-order valence-corrected chi connectivity index (χ1v) is 10.2. The number of aromatic nitrogens is 1. The summed E-state index contributed by atoms with van der Waals surface area (Å²) < 4.78 is 31.8. The second-order valence-electron chi connectivity index (χ2n) is 6.58. The molecule has 1 fully saturated rings. The first-order valence-electron chi connectivity index (χ1n) is 9.01. The zero-order valence-electron chi connectivity index (χ0n) is 15.6. The summed E-state index contributed by atoms with van der Waals surface area (Å²) in [6.45, 7) is 2.49. The summed E-state index contributed by atoms with van der Waals surface area (Å²) in [4.78, 5) is 9.15. The number of nitrogens with one attached hydrogen (secondary N) is 2. The zero-order chi connectivity index (χ0) is 19.2. The Labute approximate surface area is 160 Å². The molecule has 1 aromatic heterocycles. The van der Waals surface area contributed by atoms with Gasteiger partial charge in [0.15, 0.2) is 11.5 Å². The van der Waals surface area contributed by atoms with Crippen molar-refractivity contribution in [2.75, 3.05) is 38.8 Å². The van der Waals surface area contributed by atoms with Crippen molar-refractivity contribution < 1.29 is 17.9 Å². The average Bonchev–Trinajstić information content (AvgIpc) is 2.70. The summed E-state index contributed by atoms with van der Waals surface area (Å²) >= 11 is 0. The van der Waals surface area contributed by atoms with E-state index >= 15 is 0 Å². The predicted octanol–water partition coefficient (Wildman–Crippen LogP) is 1.48. The highest BCUT2D eigenvalue weighted by Gasteiger charge is 2.22. The van der Waals surface area contributed by atoms with Crippen molar-refractivity contribution >= 4 is 27.5 Å². The maximum Gasteiger partial charge on any atom is 0.214 e. The summed E-state index contributed by atoms with van der Waals surface area (Å²) in [7, 11) is 0.682. The van der Waals surface area contributed by atoms with E-state index in [0.29, 0.717) is 24.0 Å². The molecule has 1 saturated heterocycles. The van der Waals surface area contributed by atoms with Gasteiger partial charge < -0.3 is 14.4 Å². The van der Waals surface area contributed by atoms with Crippen LogP contribution in [0.1, 0.15) is 19.3 Å². The van der Waals surface area contributed by atoms with Gasteiger partial charge in [-0.2, -0.15) is 4.83 Å². The number of piperidine rings is 1. The summed E-state index contributed by atoms with van der Waals surface area (Å²) in [5, 5.41) is 2.13. The normalized spacial score (nSPS) is 15.4. The molecule has 0 unspecified atom stereocenters. The highest BCUT2D eigenvalue weighted by Crippen LogP contribution is 2.36. The van der Waals surface area contributed by atoms with Crippen molar-refractivity contribution in [3.8, 4) is 11.5 Å². The number of nitrogens with zero attached hydrogens (tertiary/aromatic N) is 2. The lowest BCUT2D eigenvalue weighted by Crippen LogP contribution is -2.37. The van der Waals surface area contributed by atoms with Gasteiger partial charge in [-0.3, -0.25) is 0 Å². The lowest BCUT2D eigenvalue weighted by molar-refractivity contribution is 0.355. The number of hydrogen-bond acceptors (Lipinski definition) is 7. The van der Waals surface area contributed by atoms with E-state index in [1.165, 1.54) is 0 Å². The molecule has 0 bridgehead atoms. The van der Waals surface area contributed by atoms with E-state index in [1.54, 1.807) is 14.2 Å². The second kappa shape index (κ2) is 9.20. The van der Waals surface area contributed by atoms with E-state index in [9.17, 15) is 8.42 Å². The minimum Gasteiger partial charge on any atom is -0.493 e. The standard InChI is InChI=1S/C18H26N4O4S/c1-25-16-11-14-4-7-19-18(15(14)12-17(16)26-2)22-9-5-13(6-10-22)3-8-20-21-27(23)24/h4,7,11-13,20,27H,3,5-6,8-10H2,1-2H3,(H,21,23,24). The van der Waals surface area contributed by atoms with E-state index < -0.39 is 10.9 Å². The second-order valence-corrected chi connectivity index (χ2v) is 7.32. The molecule has 1 aliphatic rings. The van der Waals surface area contributed by atoms with Crippen LogP contribution in [-0.4, -0.2) is 47.3 Å². The summed E-state index contributed by atoms with van der Waals surface area (Å²) in [5.41, 5.74) is 2.72. The van der Waals surface area contributed by atoms with E-state index in [-0.39, 0.29) is 0 Å². The van der Waals surface area contributed by atoms with Crippen LogP contribution in [0.4, 0.5) is 5.82 Å². The summed E-state index contributed by atoms with van der Waals surface area (Å²) in [6, 6.07) is 5.95. The molecule has 0 radical (unpaired) electrons. The fourth-order valence-corrected chi connectivity index (χ4v) is 3.81. The van der Waals surface area contributed by atoms with Gasteiger partial charge in [0.1, 0.15) is 5.82 Å². The molecule has 2 N–H and O–H groups in total. The lowest BCUT2D eigenvalue weighted by Gasteiger charge is -2.33. The van der Waals surface area contributed by atoms with Crippen molar-refractivity contribution in [3.63, 3.8) is 0 Å². The van der Waals surface area contributed by atoms with Crippen LogP contribution in [0.15, 0.2) is 24.4 Å². The van der Waals surface area contributed by atoms with Gasteiger partial charge in [0.2, 0.25) is 10.9 Å². The molecule has 0 atom stereocenters. The largest absolute Gasteiger partial charge is 0.493 e. The van der Waals surface area contributed by atoms with Crippen LogP contribution < -0.4 is 24.6 Å². The topological polar surface area (TPSA) is 92.8 Å². The maximum absolute atomic E-state index is 10.5. The number of thiol groups is 1. The first kappa shape index (κ1) is 19.7. The molecule has 0 amide bonds. The third-order valence-corrected chi connectivity index (χ3v) is 5.35. The maximum atomic E-state index is 10.5. The molecule has 3 rings (SSSR count). The zero-order valence-corrected chi connectivity index (χ0v) is 16.5. The Morgan fingerprint density at radius 3 is 2.56 bits per heavy atom. The van der Waals surface area contributed by atoms with Crippen LogP contribution in [-0.2, 0) is 10.9 Å². The van der Waals surface area contributed by atoms with Gasteiger partial charge in [-0.25, -0.2) is 18.8 Å². The molecule has 2 heterocycles. The molecule has 9 heteroatoms. The Morgan fingerprint density at radius 2 is 1.89 bits per heavy atom. The van der Waals surface area contributed by atoms with Crippen molar-refractivity contribution in [1.29, 1.82) is 0 Å². The Morgan fingerprint density at radius 1 is 1.19 bits per heavy atom. The fourth-order valence-electron chi connectivity index (χ4n) is 3.57. The lowest BCUT2D eigenvalue weighted by atomic mass is 9.93. The average molecular weight is 394 g/mol. The van der Waals surface area contributed by atoms with Crippen molar-refractivity contribution in [3.05, 3.63) is 24.4 Å². The highest BCUT2D eigenvalue weighted by molar-refractivity contribution is 7.70. The number of anilines is 1. The number of hydrogen-bond donors (Lipinski definition) is 3. The van der Waals surface area contributed by atoms with Crippen molar-refractivity contribution in [1.82, 2.24) is 15.2 Å². The van der Waals surface area contributed by atoms with Crippen molar-refractivity contribution in [2.45, 2.75) is 19.3 Å². The SMILES string of the molecule is COc1cc2ccnc(N3CCC(CCNN[SH](=O)=O)CC3)c2cc1OC. The summed E-state index contributed by atoms with van der Waals surface area (Å²) in [5.74, 6) is 2.95. The summed E-state index contributed by atoms with van der Waals surface area (Å²) in [6.07, 6.45) is 4.88. The van der Waals surface area contributed by atoms with Gasteiger partial charge in [-0.15, -0.1) is 0 Å². The monoisotopic (exact) mass is 394 g/mol. The number of fused-ring (bicyclic) bond motifs is 1. The molecule has 148 valence electrons. The highest BCUT2D eigenvalue weighted by atomic mass is 32.2. The van der Waals surface area contributed by atoms with Crippen LogP contribution >= 0.6 is 0 Å². The van der Waals surface area contributed by atoms with Crippen LogP contribution in [0.3, 0.4) is 0 Å². The quantitative estimate of drug-likeness (QED) is 0.355.